The number of halogens is 2. The fourth-order valence-electron chi connectivity index (χ4n) is 1.65. The third-order valence-corrected chi connectivity index (χ3v) is 3.40. The van der Waals surface area contributed by atoms with Gasteiger partial charge in [0.1, 0.15) is 5.75 Å². The van der Waals surface area contributed by atoms with Crippen LogP contribution in [-0.4, -0.2) is 5.11 Å². The maximum Gasteiger partial charge on any atom is 0.121 e. The summed E-state index contributed by atoms with van der Waals surface area (Å²) in [7, 11) is 0. The van der Waals surface area contributed by atoms with Crippen molar-refractivity contribution in [1.29, 1.82) is 0 Å². The van der Waals surface area contributed by atoms with E-state index in [9.17, 15) is 5.11 Å². The van der Waals surface area contributed by atoms with E-state index < -0.39 is 0 Å². The topological polar surface area (TPSA) is 45.0 Å². The second-order valence-electron chi connectivity index (χ2n) is 4.23. The quantitative estimate of drug-likeness (QED) is 0.706. The number of phenols is 1. The minimum atomic E-state index is 0.286. The molecule has 19 heavy (non-hydrogen) atoms. The number of azo groups is 1. The van der Waals surface area contributed by atoms with Crippen LogP contribution in [0.4, 0.5) is 11.4 Å². The highest BCUT2D eigenvalue weighted by molar-refractivity contribution is 6.42. The lowest BCUT2D eigenvalue weighted by atomic mass is 10.1. The van der Waals surface area contributed by atoms with Crippen LogP contribution < -0.4 is 0 Å². The number of rotatable bonds is 2. The van der Waals surface area contributed by atoms with Gasteiger partial charge in [0.15, 0.2) is 0 Å². The highest BCUT2D eigenvalue weighted by Gasteiger charge is 2.03. The number of aryl methyl sites for hydroxylation is 2. The van der Waals surface area contributed by atoms with E-state index >= 15 is 0 Å². The molecule has 0 radical (unpaired) electrons. The van der Waals surface area contributed by atoms with Gasteiger partial charge < -0.3 is 5.11 Å². The van der Waals surface area contributed by atoms with E-state index in [1.54, 1.807) is 30.3 Å². The molecule has 0 saturated carbocycles. The maximum atomic E-state index is 9.68. The third kappa shape index (κ3) is 3.25. The number of phenolic OH excluding ortho intramolecular Hbond substituents is 1. The molecule has 0 aliphatic heterocycles. The molecule has 98 valence electrons. The van der Waals surface area contributed by atoms with Crippen molar-refractivity contribution in [3.05, 3.63) is 51.5 Å². The molecule has 3 nitrogen and oxygen atoms in total. The van der Waals surface area contributed by atoms with Gasteiger partial charge in [-0.3, -0.25) is 0 Å². The lowest BCUT2D eigenvalue weighted by Crippen LogP contribution is -1.79. The Morgan fingerprint density at radius 3 is 2.00 bits per heavy atom. The van der Waals surface area contributed by atoms with Gasteiger partial charge in [0, 0.05) is 0 Å². The Hall–Kier alpha value is -1.58. The van der Waals surface area contributed by atoms with E-state index in [0.29, 0.717) is 21.4 Å². The summed E-state index contributed by atoms with van der Waals surface area (Å²) in [5.41, 5.74) is 2.84. The fourth-order valence-corrected chi connectivity index (χ4v) is 1.95. The van der Waals surface area contributed by atoms with Crippen LogP contribution in [0, 0.1) is 13.8 Å². The molecule has 0 bridgehead atoms. The largest absolute Gasteiger partial charge is 0.507 e. The lowest BCUT2D eigenvalue weighted by Gasteiger charge is -2.03. The van der Waals surface area contributed by atoms with Crippen molar-refractivity contribution >= 4 is 34.6 Å². The van der Waals surface area contributed by atoms with Gasteiger partial charge in [0.25, 0.3) is 0 Å². The lowest BCUT2D eigenvalue weighted by molar-refractivity contribution is 0.467. The zero-order chi connectivity index (χ0) is 14.0. The number of benzene rings is 2. The standard InChI is InChI=1S/C14H12Cl2N2O/c1-8-5-11(6-9(2)14(8)19)18-17-10-3-4-12(15)13(16)7-10/h3-7,19H,1-2H3. The van der Waals surface area contributed by atoms with Crippen LogP contribution in [0.15, 0.2) is 40.6 Å². The molecule has 0 atom stereocenters. The second-order valence-corrected chi connectivity index (χ2v) is 5.04. The molecule has 2 aromatic rings. The summed E-state index contributed by atoms with van der Waals surface area (Å²) >= 11 is 11.7. The van der Waals surface area contributed by atoms with E-state index in [2.05, 4.69) is 10.2 Å². The highest BCUT2D eigenvalue weighted by atomic mass is 35.5. The third-order valence-electron chi connectivity index (χ3n) is 2.66. The predicted octanol–water partition coefficient (Wildman–Crippen LogP) is 5.73. The monoisotopic (exact) mass is 294 g/mol. The molecule has 0 heterocycles. The van der Waals surface area contributed by atoms with E-state index in [0.717, 1.165) is 11.1 Å². The Morgan fingerprint density at radius 1 is 0.842 bits per heavy atom. The van der Waals surface area contributed by atoms with E-state index in [-0.39, 0.29) is 5.75 Å². The van der Waals surface area contributed by atoms with Crippen LogP contribution in [0.2, 0.25) is 10.0 Å². The molecule has 0 aliphatic carbocycles. The maximum absolute atomic E-state index is 9.68. The van der Waals surface area contributed by atoms with E-state index in [1.807, 2.05) is 13.8 Å². The highest BCUT2D eigenvalue weighted by Crippen LogP contribution is 2.30. The SMILES string of the molecule is Cc1cc(N=Nc2ccc(Cl)c(Cl)c2)cc(C)c1O. The zero-order valence-electron chi connectivity index (χ0n) is 10.5. The molecule has 2 aromatic carbocycles. The van der Waals surface area contributed by atoms with Crippen molar-refractivity contribution in [2.75, 3.05) is 0 Å². The fraction of sp³-hybridized carbons (Fsp3) is 0.143. The smallest absolute Gasteiger partial charge is 0.121 e. The number of hydrogen-bond donors (Lipinski definition) is 1. The normalized spacial score (nSPS) is 11.2. The van der Waals surface area contributed by atoms with E-state index in [1.165, 1.54) is 0 Å². The summed E-state index contributed by atoms with van der Waals surface area (Å²) in [5.74, 6) is 0.286. The van der Waals surface area contributed by atoms with Crippen molar-refractivity contribution < 1.29 is 5.11 Å². The molecule has 2 rings (SSSR count). The Bertz CT molecular complexity index is 631. The van der Waals surface area contributed by atoms with Crippen LogP contribution in [-0.2, 0) is 0 Å². The van der Waals surface area contributed by atoms with Crippen molar-refractivity contribution in [3.8, 4) is 5.75 Å². The summed E-state index contributed by atoms with van der Waals surface area (Å²) < 4.78 is 0. The van der Waals surface area contributed by atoms with E-state index in [4.69, 9.17) is 23.2 Å². The van der Waals surface area contributed by atoms with Gasteiger partial charge in [0.05, 0.1) is 21.4 Å². The predicted molar refractivity (Wildman–Crippen MR) is 78.2 cm³/mol. The van der Waals surface area contributed by atoms with Crippen molar-refractivity contribution in [3.63, 3.8) is 0 Å². The molecular formula is C14H12Cl2N2O. The zero-order valence-corrected chi connectivity index (χ0v) is 12.0. The first-order valence-corrected chi connectivity index (χ1v) is 6.40. The van der Waals surface area contributed by atoms with Gasteiger partial charge in [-0.05, 0) is 55.3 Å². The molecular weight excluding hydrogens is 283 g/mol. The van der Waals surface area contributed by atoms with Gasteiger partial charge in [-0.15, -0.1) is 0 Å². The Labute approximate surface area is 121 Å². The summed E-state index contributed by atoms with van der Waals surface area (Å²) in [6.07, 6.45) is 0. The first kappa shape index (κ1) is 13.8. The average Bonchev–Trinajstić information content (AvgIpc) is 2.37. The van der Waals surface area contributed by atoms with Crippen LogP contribution in [0.1, 0.15) is 11.1 Å². The summed E-state index contributed by atoms with van der Waals surface area (Å²) in [5, 5.41) is 18.8. The average molecular weight is 295 g/mol. The van der Waals surface area contributed by atoms with Gasteiger partial charge in [-0.1, -0.05) is 23.2 Å². The second kappa shape index (κ2) is 5.59. The Kier molecular flexibility index (Phi) is 4.08. The molecule has 0 aliphatic rings. The Morgan fingerprint density at radius 2 is 1.42 bits per heavy atom. The molecule has 0 amide bonds. The van der Waals surface area contributed by atoms with Crippen molar-refractivity contribution in [2.45, 2.75) is 13.8 Å². The summed E-state index contributed by atoms with van der Waals surface area (Å²) in [6.45, 7) is 3.64. The van der Waals surface area contributed by atoms with Gasteiger partial charge in [-0.25, -0.2) is 0 Å². The molecule has 0 spiro atoms. The van der Waals surface area contributed by atoms with Gasteiger partial charge in [-0.2, -0.15) is 10.2 Å². The molecule has 5 heteroatoms. The van der Waals surface area contributed by atoms with Crippen LogP contribution in [0.3, 0.4) is 0 Å². The number of nitrogens with zero attached hydrogens (tertiary/aromatic N) is 2. The van der Waals surface area contributed by atoms with Crippen LogP contribution in [0.25, 0.3) is 0 Å². The Balaban J connectivity index is 2.30. The molecule has 0 fully saturated rings. The molecule has 0 aromatic heterocycles. The molecule has 1 N–H and O–H groups in total. The summed E-state index contributed by atoms with van der Waals surface area (Å²) in [4.78, 5) is 0. The minimum absolute atomic E-state index is 0.286. The first-order valence-electron chi connectivity index (χ1n) is 5.64. The molecule has 0 unspecified atom stereocenters. The van der Waals surface area contributed by atoms with Crippen molar-refractivity contribution in [2.24, 2.45) is 10.2 Å². The van der Waals surface area contributed by atoms with Crippen molar-refractivity contribution in [1.82, 2.24) is 0 Å². The molecule has 0 saturated heterocycles. The first-order chi connectivity index (χ1) is 8.97. The van der Waals surface area contributed by atoms with Crippen LogP contribution >= 0.6 is 23.2 Å². The van der Waals surface area contributed by atoms with Gasteiger partial charge in [0.2, 0.25) is 0 Å². The van der Waals surface area contributed by atoms with Crippen LogP contribution in [0.5, 0.6) is 5.75 Å². The van der Waals surface area contributed by atoms with Gasteiger partial charge >= 0.3 is 0 Å². The number of hydrogen-bond acceptors (Lipinski definition) is 3. The summed E-state index contributed by atoms with van der Waals surface area (Å²) in [6, 6.07) is 8.59. The minimum Gasteiger partial charge on any atom is -0.507 e. The number of aromatic hydroxyl groups is 1.